The molecule has 0 heterocycles. The van der Waals surface area contributed by atoms with Crippen LogP contribution in [0.15, 0.2) is 24.3 Å². The normalized spacial score (nSPS) is 12.7. The summed E-state index contributed by atoms with van der Waals surface area (Å²) >= 11 is 0. The third-order valence-electron chi connectivity index (χ3n) is 2.73. The highest BCUT2D eigenvalue weighted by Gasteiger charge is 2.18. The van der Waals surface area contributed by atoms with Crippen LogP contribution < -0.4 is 5.32 Å². The number of carbonyl (C=O) groups excluding carboxylic acids is 1. The van der Waals surface area contributed by atoms with Crippen molar-refractivity contribution in [3.63, 3.8) is 0 Å². The first-order valence-electron chi connectivity index (χ1n) is 6.94. The molecule has 0 aliphatic rings. The Bertz CT molecular complexity index is 508. The van der Waals surface area contributed by atoms with Gasteiger partial charge < -0.3 is 9.84 Å². The lowest BCUT2D eigenvalue weighted by Crippen LogP contribution is -2.35. The molecule has 0 saturated heterocycles. The molecule has 1 atom stereocenters. The van der Waals surface area contributed by atoms with Crippen LogP contribution in [0.5, 0.6) is 0 Å². The van der Waals surface area contributed by atoms with Gasteiger partial charge in [-0.15, -0.1) is 0 Å². The Morgan fingerprint density at radius 2 is 1.95 bits per heavy atom. The lowest BCUT2D eigenvalue weighted by Gasteiger charge is -2.20. The van der Waals surface area contributed by atoms with E-state index < -0.39 is 22.5 Å². The van der Waals surface area contributed by atoms with E-state index in [0.29, 0.717) is 6.42 Å². The summed E-state index contributed by atoms with van der Waals surface area (Å²) < 4.78 is 5.14. The highest BCUT2D eigenvalue weighted by Crippen LogP contribution is 2.13. The number of benzene rings is 1. The number of esters is 1. The summed E-state index contributed by atoms with van der Waals surface area (Å²) in [5.74, 6) is -0.449. The van der Waals surface area contributed by atoms with Gasteiger partial charge in [-0.05, 0) is 32.8 Å². The average molecular weight is 309 g/mol. The first-order valence-corrected chi connectivity index (χ1v) is 6.94. The smallest absolute Gasteiger partial charge is 0.322 e. The molecule has 0 unspecified atom stereocenters. The molecule has 7 heteroatoms. The van der Waals surface area contributed by atoms with Crippen LogP contribution in [-0.4, -0.2) is 40.8 Å². The number of ether oxygens (including phenoxy) is 1. The maximum atomic E-state index is 11.6. The summed E-state index contributed by atoms with van der Waals surface area (Å²) in [5.41, 5.74) is 0.243. The first kappa shape index (κ1) is 18.1. The van der Waals surface area contributed by atoms with Crippen LogP contribution in [0.2, 0.25) is 0 Å². The standard InChI is InChI=1S/C15H21N2O5/c1-15(2,3)22-14(19)9-16-12(10-18)8-11-4-6-13(7-5-11)17(20)21/h4-7,12,18H,8-10H2,1-3H3/t12-/m0/s1. The molecule has 0 spiro atoms. The number of hydrogen-bond donors (Lipinski definition) is 1. The van der Waals surface area contributed by atoms with Crippen LogP contribution in [-0.2, 0) is 16.0 Å². The second kappa shape index (κ2) is 7.86. The highest BCUT2D eigenvalue weighted by molar-refractivity contribution is 5.72. The third kappa shape index (κ3) is 6.64. The average Bonchev–Trinajstić information content (AvgIpc) is 2.42. The zero-order chi connectivity index (χ0) is 16.8. The van der Waals surface area contributed by atoms with E-state index in [0.717, 1.165) is 5.56 Å². The Morgan fingerprint density at radius 3 is 2.41 bits per heavy atom. The fourth-order valence-corrected chi connectivity index (χ4v) is 1.79. The number of hydrogen-bond acceptors (Lipinski definition) is 5. The molecule has 0 saturated carbocycles. The zero-order valence-electron chi connectivity index (χ0n) is 13.0. The molecule has 7 nitrogen and oxygen atoms in total. The highest BCUT2D eigenvalue weighted by atomic mass is 16.6. The number of nitro groups is 1. The van der Waals surface area contributed by atoms with Crippen molar-refractivity contribution in [3.05, 3.63) is 39.9 Å². The molecular weight excluding hydrogens is 288 g/mol. The molecular formula is C15H21N2O5. The Hall–Kier alpha value is -1.99. The first-order chi connectivity index (χ1) is 10.2. The van der Waals surface area contributed by atoms with Crippen molar-refractivity contribution in [1.82, 2.24) is 5.32 Å². The minimum atomic E-state index is -0.570. The molecule has 0 aromatic heterocycles. The van der Waals surface area contributed by atoms with Gasteiger partial charge in [-0.2, -0.15) is 0 Å². The summed E-state index contributed by atoms with van der Waals surface area (Å²) in [6.45, 7) is 4.97. The molecule has 1 N–H and O–H groups in total. The van der Waals surface area contributed by atoms with E-state index in [1.165, 1.54) is 12.1 Å². The summed E-state index contributed by atoms with van der Waals surface area (Å²) in [4.78, 5) is 21.7. The predicted octanol–water partition coefficient (Wildman–Crippen LogP) is 1.44. The number of nitrogens with zero attached hydrogens (tertiary/aromatic N) is 2. The number of non-ortho nitro benzene ring substituents is 1. The lowest BCUT2D eigenvalue weighted by molar-refractivity contribution is -0.384. The number of aliphatic hydroxyl groups is 1. The van der Waals surface area contributed by atoms with Crippen LogP contribution in [0.1, 0.15) is 26.3 Å². The Labute approximate surface area is 129 Å². The minimum Gasteiger partial charge on any atom is -0.459 e. The summed E-state index contributed by atoms with van der Waals surface area (Å²) in [5, 5.41) is 24.0. The maximum Gasteiger partial charge on any atom is 0.322 e. The topological polar surface area (TPSA) is 104 Å². The quantitative estimate of drug-likeness (QED) is 0.466. The summed E-state index contributed by atoms with van der Waals surface area (Å²) in [6.07, 6.45) is 0.400. The molecule has 0 fully saturated rings. The van der Waals surface area contributed by atoms with Gasteiger partial charge in [0.25, 0.3) is 5.69 Å². The van der Waals surface area contributed by atoms with Gasteiger partial charge >= 0.3 is 5.97 Å². The van der Waals surface area contributed by atoms with Gasteiger partial charge in [-0.1, -0.05) is 12.1 Å². The number of nitro benzene ring substituents is 1. The van der Waals surface area contributed by atoms with Crippen LogP contribution in [0.25, 0.3) is 0 Å². The van der Waals surface area contributed by atoms with Gasteiger partial charge in [0.2, 0.25) is 0 Å². The van der Waals surface area contributed by atoms with E-state index in [4.69, 9.17) is 4.74 Å². The van der Waals surface area contributed by atoms with Crippen LogP contribution in [0.4, 0.5) is 5.69 Å². The molecule has 0 bridgehead atoms. The van der Waals surface area contributed by atoms with E-state index in [1.807, 2.05) is 0 Å². The van der Waals surface area contributed by atoms with Gasteiger partial charge in [0, 0.05) is 12.1 Å². The molecule has 121 valence electrons. The van der Waals surface area contributed by atoms with E-state index in [9.17, 15) is 20.0 Å². The van der Waals surface area contributed by atoms with Gasteiger partial charge in [0.1, 0.15) is 12.1 Å². The van der Waals surface area contributed by atoms with Crippen LogP contribution in [0, 0.1) is 10.1 Å². The second-order valence-corrected chi connectivity index (χ2v) is 5.89. The number of rotatable bonds is 7. The molecule has 22 heavy (non-hydrogen) atoms. The van der Waals surface area contributed by atoms with Crippen LogP contribution in [0.3, 0.4) is 0 Å². The largest absolute Gasteiger partial charge is 0.459 e. The van der Waals surface area contributed by atoms with E-state index in [1.54, 1.807) is 32.9 Å². The van der Waals surface area contributed by atoms with Crippen molar-refractivity contribution < 1.29 is 19.6 Å². The van der Waals surface area contributed by atoms with Gasteiger partial charge in [0.15, 0.2) is 0 Å². The van der Waals surface area contributed by atoms with E-state index >= 15 is 0 Å². The summed E-state index contributed by atoms with van der Waals surface area (Å²) in [6, 6.07) is 5.58. The summed E-state index contributed by atoms with van der Waals surface area (Å²) in [7, 11) is 0. The van der Waals surface area contributed by atoms with E-state index in [2.05, 4.69) is 5.32 Å². The second-order valence-electron chi connectivity index (χ2n) is 5.89. The van der Waals surface area contributed by atoms with Crippen molar-refractivity contribution in [3.8, 4) is 0 Å². The third-order valence-corrected chi connectivity index (χ3v) is 2.73. The molecule has 1 radical (unpaired) electrons. The number of carbonyl (C=O) groups is 1. The fourth-order valence-electron chi connectivity index (χ4n) is 1.79. The fraction of sp³-hybridized carbons (Fsp3) is 0.533. The van der Waals surface area contributed by atoms with Gasteiger partial charge in [-0.25, -0.2) is 5.32 Å². The SMILES string of the molecule is CC(C)(C)OC(=O)C[N][C@H](CO)Cc1ccc([N+](=O)[O-])cc1. The van der Waals surface area contributed by atoms with E-state index in [-0.39, 0.29) is 18.8 Å². The van der Waals surface area contributed by atoms with Crippen LogP contribution >= 0.6 is 0 Å². The van der Waals surface area contributed by atoms with Gasteiger partial charge in [-0.3, -0.25) is 14.9 Å². The molecule has 1 aromatic carbocycles. The van der Waals surface area contributed by atoms with Crippen molar-refractivity contribution in [2.24, 2.45) is 0 Å². The maximum absolute atomic E-state index is 11.6. The Kier molecular flexibility index (Phi) is 6.45. The lowest BCUT2D eigenvalue weighted by atomic mass is 10.1. The Morgan fingerprint density at radius 1 is 1.36 bits per heavy atom. The van der Waals surface area contributed by atoms with Gasteiger partial charge in [0.05, 0.1) is 17.6 Å². The van der Waals surface area contributed by atoms with Crippen molar-refractivity contribution in [1.29, 1.82) is 0 Å². The minimum absolute atomic E-state index is 0.00925. The molecule has 0 aliphatic carbocycles. The van der Waals surface area contributed by atoms with Crippen molar-refractivity contribution in [2.45, 2.75) is 38.8 Å². The molecule has 1 rings (SSSR count). The van der Waals surface area contributed by atoms with Crippen molar-refractivity contribution in [2.75, 3.05) is 13.2 Å². The molecule has 0 amide bonds. The predicted molar refractivity (Wildman–Crippen MR) is 80.5 cm³/mol. The Balaban J connectivity index is 2.51. The molecule has 0 aliphatic heterocycles. The number of aliphatic hydroxyl groups excluding tert-OH is 1. The van der Waals surface area contributed by atoms with Crippen molar-refractivity contribution >= 4 is 11.7 Å². The zero-order valence-corrected chi connectivity index (χ0v) is 13.0. The monoisotopic (exact) mass is 309 g/mol. The molecule has 1 aromatic rings.